The zero-order chi connectivity index (χ0) is 35.7. The molecule has 1 aliphatic rings. The Bertz CT molecular complexity index is 1930. The number of aromatic carboxylic acids is 2. The first-order chi connectivity index (χ1) is 23.3. The maximum Gasteiger partial charge on any atom is 0.337 e. The number of anilines is 2. The van der Waals surface area contributed by atoms with Gasteiger partial charge >= 0.3 is 11.9 Å². The Hall–Kier alpha value is -4.16. The molecule has 0 aliphatic heterocycles. The summed E-state index contributed by atoms with van der Waals surface area (Å²) in [4.78, 5) is 46.2. The number of carboxylic acid groups (broad SMARTS) is 2. The molecule has 0 unspecified atom stereocenters. The van der Waals surface area contributed by atoms with E-state index in [1.807, 2.05) is 18.2 Å². The fraction of sp³-hybridized carbons (Fsp3) is 0.167. The van der Waals surface area contributed by atoms with Crippen LogP contribution in [-0.2, 0) is 16.2 Å². The normalized spacial score (nSPS) is 12.1. The molecule has 5 rings (SSSR count). The molecule has 1 saturated carbocycles. The van der Waals surface area contributed by atoms with Crippen molar-refractivity contribution in [2.75, 3.05) is 10.6 Å². The van der Waals surface area contributed by atoms with Crippen molar-refractivity contribution in [1.82, 2.24) is 0 Å². The monoisotopic (exact) mass is 830 g/mol. The molecule has 0 spiro atoms. The van der Waals surface area contributed by atoms with Crippen LogP contribution in [0.25, 0.3) is 12.2 Å². The van der Waals surface area contributed by atoms with Crippen molar-refractivity contribution < 1.29 is 34.1 Å². The predicted molar refractivity (Wildman–Crippen MR) is 199 cm³/mol. The highest BCUT2D eigenvalue weighted by Gasteiger charge is 2.30. The van der Waals surface area contributed by atoms with Gasteiger partial charge in [-0.25, -0.2) is 9.59 Å². The van der Waals surface area contributed by atoms with Crippen molar-refractivity contribution in [3.8, 4) is 5.75 Å². The van der Waals surface area contributed by atoms with Crippen molar-refractivity contribution >= 4 is 102 Å². The molecule has 254 valence electrons. The van der Waals surface area contributed by atoms with Crippen LogP contribution >= 0.6 is 55.1 Å². The lowest BCUT2D eigenvalue weighted by Crippen LogP contribution is -2.16. The number of carboxylic acids is 2. The summed E-state index contributed by atoms with van der Waals surface area (Å²) in [6.07, 6.45) is 5.51. The quantitative estimate of drug-likeness (QED) is 0.110. The molecule has 4 aromatic carbocycles. The average molecular weight is 833 g/mol. The molecule has 0 heterocycles. The smallest absolute Gasteiger partial charge is 0.337 e. The van der Waals surface area contributed by atoms with Gasteiger partial charge in [0.25, 0.3) is 0 Å². The molecule has 1 fully saturated rings. The summed E-state index contributed by atoms with van der Waals surface area (Å²) in [5, 5.41) is 25.1. The first-order valence-electron chi connectivity index (χ1n) is 14.9. The van der Waals surface area contributed by atoms with Crippen LogP contribution in [0, 0.1) is 5.92 Å². The summed E-state index contributed by atoms with van der Waals surface area (Å²) in [5.74, 6) is -1.89. The summed E-state index contributed by atoms with van der Waals surface area (Å²) < 4.78 is 7.46. The van der Waals surface area contributed by atoms with Crippen LogP contribution in [0.5, 0.6) is 5.75 Å². The van der Waals surface area contributed by atoms with Gasteiger partial charge in [-0.1, -0.05) is 76.4 Å². The van der Waals surface area contributed by atoms with E-state index in [0.717, 1.165) is 27.4 Å². The second kappa shape index (κ2) is 17.5. The number of amides is 2. The molecule has 0 bridgehead atoms. The topological polar surface area (TPSA) is 142 Å². The zero-order valence-electron chi connectivity index (χ0n) is 25.9. The van der Waals surface area contributed by atoms with Crippen LogP contribution in [0.4, 0.5) is 11.4 Å². The van der Waals surface area contributed by atoms with Crippen LogP contribution in [0.1, 0.15) is 63.6 Å². The van der Waals surface area contributed by atoms with E-state index >= 15 is 0 Å². The van der Waals surface area contributed by atoms with Gasteiger partial charge in [0.2, 0.25) is 11.8 Å². The third-order valence-corrected chi connectivity index (χ3v) is 8.77. The maximum absolute atomic E-state index is 11.9. The van der Waals surface area contributed by atoms with Crippen molar-refractivity contribution in [3.05, 3.63) is 120 Å². The number of hydrogen-bond donors (Lipinski definition) is 4. The molecule has 0 aromatic heterocycles. The fourth-order valence-electron chi connectivity index (χ4n) is 4.31. The van der Waals surface area contributed by atoms with E-state index in [4.69, 9.17) is 27.9 Å². The van der Waals surface area contributed by atoms with E-state index in [9.17, 15) is 29.4 Å². The Morgan fingerprint density at radius 2 is 1.51 bits per heavy atom. The molecule has 4 N–H and O–H groups in total. The zero-order valence-corrected chi connectivity index (χ0v) is 30.6. The van der Waals surface area contributed by atoms with Gasteiger partial charge in [-0.05, 0) is 100 Å². The fourth-order valence-corrected chi connectivity index (χ4v) is 5.95. The van der Waals surface area contributed by atoms with Gasteiger partial charge in [0, 0.05) is 26.9 Å². The van der Waals surface area contributed by atoms with Crippen LogP contribution < -0.4 is 15.4 Å². The standard InChI is InChI=1S/C18H15Br2NO4.C18H15Cl2NO3/c19-12-4-6-16(14(20)8-12)25-9-10-1-5-15(13(7-10)18(23)24)21-17(22)11-2-3-11;1-2-17(22)21-16-8-4-11(9-14(16)18(23)24)3-5-12-6-7-13(19)10-15(12)20/h1,4-8,11H,2-3,9H2,(H,21,22)(H,23,24);3-10H,2H2,1H3,(H,21,22)(H,23,24)/b;5-3+. The second-order valence-corrected chi connectivity index (χ2v) is 13.4. The van der Waals surface area contributed by atoms with Crippen LogP contribution in [-0.4, -0.2) is 34.0 Å². The van der Waals surface area contributed by atoms with E-state index in [-0.39, 0.29) is 47.6 Å². The summed E-state index contributed by atoms with van der Waals surface area (Å²) in [7, 11) is 0. The van der Waals surface area contributed by atoms with Crippen LogP contribution in [0.15, 0.2) is 81.7 Å². The minimum Gasteiger partial charge on any atom is -0.488 e. The number of halogens is 4. The SMILES string of the molecule is CCC(=O)Nc1ccc(/C=C/c2ccc(Cl)cc2Cl)cc1C(=O)O.O=C(O)c1cc(COc2ccc(Br)cc2Br)ccc1NC(=O)C1CC1. The number of rotatable bonds is 11. The molecule has 2 amide bonds. The lowest BCUT2D eigenvalue weighted by Gasteiger charge is -2.12. The minimum absolute atomic E-state index is 0.0133. The van der Waals surface area contributed by atoms with Gasteiger partial charge < -0.3 is 25.6 Å². The molecule has 13 heteroatoms. The number of ether oxygens (including phenoxy) is 1. The van der Waals surface area contributed by atoms with Gasteiger partial charge in [0.1, 0.15) is 12.4 Å². The summed E-state index contributed by atoms with van der Waals surface area (Å²) in [6.45, 7) is 1.92. The van der Waals surface area contributed by atoms with Crippen LogP contribution in [0.2, 0.25) is 10.0 Å². The van der Waals surface area contributed by atoms with Gasteiger partial charge in [-0.15, -0.1) is 0 Å². The Morgan fingerprint density at radius 3 is 2.14 bits per heavy atom. The summed E-state index contributed by atoms with van der Waals surface area (Å²) >= 11 is 18.7. The first-order valence-corrected chi connectivity index (χ1v) is 17.2. The molecule has 49 heavy (non-hydrogen) atoms. The molecule has 0 atom stereocenters. The molecule has 1 aliphatic carbocycles. The van der Waals surface area contributed by atoms with E-state index in [0.29, 0.717) is 32.6 Å². The van der Waals surface area contributed by atoms with E-state index < -0.39 is 11.9 Å². The highest BCUT2D eigenvalue weighted by molar-refractivity contribution is 9.11. The lowest BCUT2D eigenvalue weighted by atomic mass is 10.1. The van der Waals surface area contributed by atoms with Crippen molar-refractivity contribution in [2.45, 2.75) is 32.8 Å². The van der Waals surface area contributed by atoms with Crippen molar-refractivity contribution in [3.63, 3.8) is 0 Å². The van der Waals surface area contributed by atoms with Crippen molar-refractivity contribution in [1.29, 1.82) is 0 Å². The Labute approximate surface area is 309 Å². The largest absolute Gasteiger partial charge is 0.488 e. The summed E-state index contributed by atoms with van der Waals surface area (Å²) in [5.41, 5.74) is 2.82. The minimum atomic E-state index is -1.11. The maximum atomic E-state index is 11.9. The Kier molecular flexibility index (Phi) is 13.4. The van der Waals surface area contributed by atoms with E-state index in [1.165, 1.54) is 12.1 Å². The third-order valence-electron chi connectivity index (χ3n) is 7.10. The highest BCUT2D eigenvalue weighted by atomic mass is 79.9. The van der Waals surface area contributed by atoms with Crippen LogP contribution in [0.3, 0.4) is 0 Å². The predicted octanol–water partition coefficient (Wildman–Crippen LogP) is 10.0. The van der Waals surface area contributed by atoms with E-state index in [2.05, 4.69) is 42.5 Å². The summed E-state index contributed by atoms with van der Waals surface area (Å²) in [6, 6.07) is 20.3. The Balaban J connectivity index is 0.000000221. The van der Waals surface area contributed by atoms with Gasteiger partial charge in [0.15, 0.2) is 0 Å². The average Bonchev–Trinajstić information content (AvgIpc) is 3.91. The third kappa shape index (κ3) is 11.2. The van der Waals surface area contributed by atoms with Crippen molar-refractivity contribution in [2.24, 2.45) is 5.92 Å². The van der Waals surface area contributed by atoms with Gasteiger partial charge in [-0.2, -0.15) is 0 Å². The molecule has 4 aromatic rings. The first kappa shape index (κ1) is 37.7. The molecular weight excluding hydrogens is 803 g/mol. The number of nitrogens with one attached hydrogen (secondary N) is 2. The van der Waals surface area contributed by atoms with Gasteiger partial charge in [0.05, 0.1) is 27.0 Å². The second-order valence-electron chi connectivity index (χ2n) is 10.8. The van der Waals surface area contributed by atoms with Gasteiger partial charge in [-0.3, -0.25) is 9.59 Å². The Morgan fingerprint density at radius 1 is 0.837 bits per heavy atom. The molecular formula is C36H30Br2Cl2N2O7. The number of carbonyl (C=O) groups excluding carboxylic acids is 2. The number of carbonyl (C=O) groups is 4. The number of benzene rings is 4. The number of hydrogen-bond acceptors (Lipinski definition) is 5. The lowest BCUT2D eigenvalue weighted by molar-refractivity contribution is -0.117. The molecule has 9 nitrogen and oxygen atoms in total. The highest BCUT2D eigenvalue weighted by Crippen LogP contribution is 2.32. The molecule has 0 saturated heterocycles. The molecule has 0 radical (unpaired) electrons. The van der Waals surface area contributed by atoms with E-state index in [1.54, 1.807) is 61.5 Å².